The van der Waals surface area contributed by atoms with Crippen LogP contribution in [0.1, 0.15) is 0 Å². The summed E-state index contributed by atoms with van der Waals surface area (Å²) in [7, 11) is 0.760. The molecule has 0 aromatic rings. The largest absolute Gasteiger partial charge is 0.330 e. The van der Waals surface area contributed by atoms with E-state index in [-0.39, 0.29) is 5.75 Å². The quantitative estimate of drug-likeness (QED) is 0.564. The molecule has 0 aromatic carbocycles. The lowest BCUT2D eigenvalue weighted by Gasteiger charge is -2.27. The summed E-state index contributed by atoms with van der Waals surface area (Å²) in [5, 5.41) is 0. The molecule has 0 fully saturated rings. The zero-order valence-electron chi connectivity index (χ0n) is 7.66. The van der Waals surface area contributed by atoms with Crippen molar-refractivity contribution < 1.29 is 22.6 Å². The molecular weight excluding hydrogens is 184 g/mol. The van der Waals surface area contributed by atoms with Gasteiger partial charge in [-0.3, -0.25) is 0 Å². The van der Waals surface area contributed by atoms with E-state index in [4.69, 9.17) is 14.2 Å². The maximum Gasteiger partial charge on any atom is 0.296 e. The van der Waals surface area contributed by atoms with E-state index < -0.39 is 15.8 Å². The zero-order chi connectivity index (χ0) is 9.83. The second kappa shape index (κ2) is 4.18. The van der Waals surface area contributed by atoms with Crippen LogP contribution in [-0.2, 0) is 24.0 Å². The van der Waals surface area contributed by atoms with Gasteiger partial charge in [-0.1, -0.05) is 0 Å². The monoisotopic (exact) mass is 198 g/mol. The molecule has 0 atom stereocenters. The first-order valence-corrected chi connectivity index (χ1v) is 5.28. The summed E-state index contributed by atoms with van der Waals surface area (Å²) >= 11 is 0. The first kappa shape index (κ1) is 11.8. The summed E-state index contributed by atoms with van der Waals surface area (Å²) < 4.78 is 36.1. The van der Waals surface area contributed by atoms with Crippen LogP contribution in [0.2, 0.25) is 0 Å². The molecule has 0 saturated heterocycles. The highest BCUT2D eigenvalue weighted by molar-refractivity contribution is 7.90. The van der Waals surface area contributed by atoms with Crippen molar-refractivity contribution in [3.05, 3.63) is 0 Å². The fourth-order valence-corrected chi connectivity index (χ4v) is 1.74. The first-order chi connectivity index (χ1) is 5.39. The average Bonchev–Trinajstić information content (AvgIpc) is 1.99. The molecule has 0 aromatic heterocycles. The highest BCUT2D eigenvalue weighted by Gasteiger charge is 2.34. The standard InChI is InChI=1S/C6H14O5S/c1-9-6(10-2,11-3)5-12(4,7)8/h5H2,1-4H3. The summed E-state index contributed by atoms with van der Waals surface area (Å²) in [6, 6.07) is 0. The van der Waals surface area contributed by atoms with E-state index in [0.717, 1.165) is 6.26 Å². The molecule has 0 aliphatic rings. The Bertz CT molecular complexity index is 208. The molecule has 74 valence electrons. The van der Waals surface area contributed by atoms with E-state index in [1.165, 1.54) is 21.3 Å². The molecule has 0 aliphatic carbocycles. The minimum absolute atomic E-state index is 0.330. The Morgan fingerprint density at radius 2 is 1.42 bits per heavy atom. The Hall–Kier alpha value is -0.170. The van der Waals surface area contributed by atoms with Gasteiger partial charge in [0.05, 0.1) is 0 Å². The Kier molecular flexibility index (Phi) is 4.12. The van der Waals surface area contributed by atoms with Crippen LogP contribution < -0.4 is 0 Å². The maximum absolute atomic E-state index is 10.9. The number of methoxy groups -OCH3 is 3. The highest BCUT2D eigenvalue weighted by atomic mass is 32.2. The van der Waals surface area contributed by atoms with Gasteiger partial charge in [-0.25, -0.2) is 8.42 Å². The van der Waals surface area contributed by atoms with Gasteiger partial charge in [-0.15, -0.1) is 0 Å². The fourth-order valence-electron chi connectivity index (χ4n) is 0.748. The molecule has 0 bridgehead atoms. The number of hydrogen-bond donors (Lipinski definition) is 0. The normalized spacial score (nSPS) is 13.3. The summed E-state index contributed by atoms with van der Waals surface area (Å²) in [6.07, 6.45) is 1.08. The smallest absolute Gasteiger partial charge is 0.296 e. The molecule has 0 spiro atoms. The minimum atomic E-state index is -3.19. The predicted octanol–water partition coefficient (Wildman–Crippen LogP) is -0.376. The molecule has 5 nitrogen and oxygen atoms in total. The van der Waals surface area contributed by atoms with E-state index in [1.54, 1.807) is 0 Å². The molecule has 0 N–H and O–H groups in total. The third-order valence-electron chi connectivity index (χ3n) is 1.37. The molecule has 12 heavy (non-hydrogen) atoms. The summed E-state index contributed by atoms with van der Waals surface area (Å²) in [5.74, 6) is -1.81. The number of sulfone groups is 1. The van der Waals surface area contributed by atoms with Gasteiger partial charge in [0.2, 0.25) is 0 Å². The molecule has 6 heteroatoms. The van der Waals surface area contributed by atoms with Crippen LogP contribution in [0.3, 0.4) is 0 Å². The van der Waals surface area contributed by atoms with Crippen molar-refractivity contribution in [1.29, 1.82) is 0 Å². The van der Waals surface area contributed by atoms with Crippen LogP contribution in [0, 0.1) is 0 Å². The third kappa shape index (κ3) is 3.48. The van der Waals surface area contributed by atoms with Gasteiger partial charge in [0.15, 0.2) is 9.84 Å². The number of rotatable bonds is 5. The van der Waals surface area contributed by atoms with Crippen LogP contribution in [0.5, 0.6) is 0 Å². The van der Waals surface area contributed by atoms with Crippen LogP contribution in [-0.4, -0.2) is 47.7 Å². The molecule has 0 rings (SSSR count). The van der Waals surface area contributed by atoms with Crippen molar-refractivity contribution in [2.75, 3.05) is 33.3 Å². The second-order valence-electron chi connectivity index (χ2n) is 2.37. The predicted molar refractivity (Wildman–Crippen MR) is 43.5 cm³/mol. The minimum Gasteiger partial charge on any atom is -0.330 e. The van der Waals surface area contributed by atoms with Gasteiger partial charge in [-0.05, 0) is 0 Å². The van der Waals surface area contributed by atoms with Gasteiger partial charge < -0.3 is 14.2 Å². The van der Waals surface area contributed by atoms with Gasteiger partial charge in [-0.2, -0.15) is 0 Å². The van der Waals surface area contributed by atoms with Crippen LogP contribution in [0.4, 0.5) is 0 Å². The SMILES string of the molecule is COC(CS(C)(=O)=O)(OC)OC. The lowest BCUT2D eigenvalue weighted by atomic mass is 10.6. The van der Waals surface area contributed by atoms with E-state index in [0.29, 0.717) is 0 Å². The molecule has 0 saturated carbocycles. The Morgan fingerprint density at radius 3 is 1.50 bits per heavy atom. The Labute approximate surface area is 72.5 Å². The molecule has 0 heterocycles. The molecule has 0 unspecified atom stereocenters. The summed E-state index contributed by atoms with van der Waals surface area (Å²) in [6.45, 7) is 0. The van der Waals surface area contributed by atoms with Gasteiger partial charge in [0.25, 0.3) is 5.97 Å². The van der Waals surface area contributed by atoms with Gasteiger partial charge in [0, 0.05) is 27.6 Å². The molecule has 0 radical (unpaired) electrons. The van der Waals surface area contributed by atoms with E-state index in [9.17, 15) is 8.42 Å². The zero-order valence-corrected chi connectivity index (χ0v) is 8.47. The van der Waals surface area contributed by atoms with Gasteiger partial charge >= 0.3 is 0 Å². The van der Waals surface area contributed by atoms with E-state index in [2.05, 4.69) is 0 Å². The van der Waals surface area contributed by atoms with E-state index in [1.807, 2.05) is 0 Å². The maximum atomic E-state index is 10.9. The van der Waals surface area contributed by atoms with Crippen molar-refractivity contribution in [2.24, 2.45) is 0 Å². The van der Waals surface area contributed by atoms with Crippen molar-refractivity contribution in [1.82, 2.24) is 0 Å². The van der Waals surface area contributed by atoms with Gasteiger partial charge in [0.1, 0.15) is 5.75 Å². The van der Waals surface area contributed by atoms with Crippen molar-refractivity contribution >= 4 is 9.84 Å². The first-order valence-electron chi connectivity index (χ1n) is 3.22. The van der Waals surface area contributed by atoms with E-state index >= 15 is 0 Å². The number of ether oxygens (including phenoxy) is 3. The second-order valence-corrected chi connectivity index (χ2v) is 4.51. The Morgan fingerprint density at radius 1 is 1.08 bits per heavy atom. The third-order valence-corrected chi connectivity index (χ3v) is 2.25. The molecule has 0 aliphatic heterocycles. The fraction of sp³-hybridized carbons (Fsp3) is 1.00. The summed E-state index contributed by atoms with van der Waals surface area (Å²) in [4.78, 5) is 0. The highest BCUT2D eigenvalue weighted by Crippen LogP contribution is 2.14. The molecular formula is C6H14O5S. The van der Waals surface area contributed by atoms with Crippen molar-refractivity contribution in [2.45, 2.75) is 5.97 Å². The summed E-state index contributed by atoms with van der Waals surface area (Å²) in [5.41, 5.74) is 0. The lowest BCUT2D eigenvalue weighted by molar-refractivity contribution is -0.337. The van der Waals surface area contributed by atoms with Crippen molar-refractivity contribution in [3.63, 3.8) is 0 Å². The number of hydrogen-bond acceptors (Lipinski definition) is 5. The van der Waals surface area contributed by atoms with Crippen molar-refractivity contribution in [3.8, 4) is 0 Å². The Balaban J connectivity index is 4.52. The van der Waals surface area contributed by atoms with Crippen LogP contribution in [0.15, 0.2) is 0 Å². The lowest BCUT2D eigenvalue weighted by Crippen LogP contribution is -2.42. The van der Waals surface area contributed by atoms with Crippen LogP contribution >= 0.6 is 0 Å². The molecule has 0 amide bonds. The van der Waals surface area contributed by atoms with Crippen LogP contribution in [0.25, 0.3) is 0 Å². The topological polar surface area (TPSA) is 61.8 Å². The average molecular weight is 198 g/mol.